The monoisotopic (exact) mass is 213 g/mol. The van der Waals surface area contributed by atoms with Gasteiger partial charge in [-0.05, 0) is 25.7 Å². The topological polar surface area (TPSA) is 71.1 Å². The van der Waals surface area contributed by atoms with E-state index in [0.717, 1.165) is 26.1 Å². The Labute approximate surface area is 89.9 Å². The lowest BCUT2D eigenvalue weighted by Gasteiger charge is -2.33. The molecule has 2 rings (SSSR count). The number of nitrogens with two attached hydrogens (primary N) is 1. The van der Waals surface area contributed by atoms with E-state index < -0.39 is 0 Å². The van der Waals surface area contributed by atoms with Gasteiger partial charge < -0.3 is 15.7 Å². The van der Waals surface area contributed by atoms with Crippen molar-refractivity contribution >= 4 is 5.84 Å². The number of amidine groups is 1. The van der Waals surface area contributed by atoms with E-state index in [1.807, 2.05) is 0 Å². The predicted molar refractivity (Wildman–Crippen MR) is 57.0 cm³/mol. The number of hydrogen-bond acceptors (Lipinski definition) is 4. The van der Waals surface area contributed by atoms with Gasteiger partial charge in [0.25, 0.3) is 0 Å². The Bertz CT molecular complexity index is 235. The first-order valence-electron chi connectivity index (χ1n) is 5.61. The van der Waals surface area contributed by atoms with Gasteiger partial charge >= 0.3 is 0 Å². The first-order chi connectivity index (χ1) is 7.31. The second-order valence-corrected chi connectivity index (χ2v) is 4.34. The average Bonchev–Trinajstić information content (AvgIpc) is 3.10. The molecule has 0 aromatic carbocycles. The van der Waals surface area contributed by atoms with Gasteiger partial charge in [0.1, 0.15) is 0 Å². The van der Waals surface area contributed by atoms with Crippen LogP contribution in [-0.2, 0) is 4.74 Å². The van der Waals surface area contributed by atoms with Crippen molar-refractivity contribution in [2.75, 3.05) is 19.8 Å². The molecule has 0 aromatic heterocycles. The first kappa shape index (κ1) is 10.7. The SMILES string of the molecule is N/C(CN(C1CCOCC1)C1CC1)=N\O. The minimum Gasteiger partial charge on any atom is -0.409 e. The molecule has 0 bridgehead atoms. The van der Waals surface area contributed by atoms with Crippen LogP contribution in [0.2, 0.25) is 0 Å². The van der Waals surface area contributed by atoms with Crippen LogP contribution < -0.4 is 5.73 Å². The highest BCUT2D eigenvalue weighted by Crippen LogP contribution is 2.31. The predicted octanol–water partition coefficient (Wildman–Crippen LogP) is 0.376. The Kier molecular flexibility index (Phi) is 3.43. The van der Waals surface area contributed by atoms with Crippen LogP contribution in [0, 0.1) is 0 Å². The number of ether oxygens (including phenoxy) is 1. The highest BCUT2D eigenvalue weighted by atomic mass is 16.5. The second kappa shape index (κ2) is 4.81. The lowest BCUT2D eigenvalue weighted by atomic mass is 10.1. The highest BCUT2D eigenvalue weighted by molar-refractivity contribution is 5.81. The Morgan fingerprint density at radius 1 is 1.27 bits per heavy atom. The lowest BCUT2D eigenvalue weighted by molar-refractivity contribution is 0.0364. The van der Waals surface area contributed by atoms with E-state index in [-0.39, 0.29) is 0 Å². The zero-order valence-electron chi connectivity index (χ0n) is 8.93. The molecule has 0 aromatic rings. The third-order valence-corrected chi connectivity index (χ3v) is 3.15. The van der Waals surface area contributed by atoms with E-state index >= 15 is 0 Å². The Hall–Kier alpha value is -0.810. The van der Waals surface area contributed by atoms with Crippen molar-refractivity contribution in [2.24, 2.45) is 10.9 Å². The van der Waals surface area contributed by atoms with E-state index in [9.17, 15) is 0 Å². The maximum absolute atomic E-state index is 8.60. The van der Waals surface area contributed by atoms with Crippen molar-refractivity contribution in [2.45, 2.75) is 37.8 Å². The number of oxime groups is 1. The molecule has 1 aliphatic heterocycles. The molecule has 0 spiro atoms. The normalized spacial score (nSPS) is 24.7. The van der Waals surface area contributed by atoms with Gasteiger partial charge in [0.2, 0.25) is 0 Å². The molecule has 15 heavy (non-hydrogen) atoms. The minimum absolute atomic E-state index is 0.313. The van der Waals surface area contributed by atoms with Gasteiger partial charge in [0.05, 0.1) is 6.54 Å². The maximum Gasteiger partial charge on any atom is 0.153 e. The molecule has 86 valence electrons. The fraction of sp³-hybridized carbons (Fsp3) is 0.900. The second-order valence-electron chi connectivity index (χ2n) is 4.34. The van der Waals surface area contributed by atoms with Crippen LogP contribution >= 0.6 is 0 Å². The third kappa shape index (κ3) is 2.82. The molecule has 1 saturated heterocycles. The van der Waals surface area contributed by atoms with Crippen molar-refractivity contribution in [3.63, 3.8) is 0 Å². The van der Waals surface area contributed by atoms with E-state index in [0.29, 0.717) is 24.5 Å². The maximum atomic E-state index is 8.60. The Balaban J connectivity index is 1.92. The van der Waals surface area contributed by atoms with Gasteiger partial charge in [-0.15, -0.1) is 0 Å². The summed E-state index contributed by atoms with van der Waals surface area (Å²) in [7, 11) is 0. The summed E-state index contributed by atoms with van der Waals surface area (Å²) in [5, 5.41) is 11.7. The summed E-state index contributed by atoms with van der Waals surface area (Å²) < 4.78 is 5.34. The standard InChI is InChI=1S/C10H19N3O2/c11-10(12-14)7-13(8-1-2-8)9-3-5-15-6-4-9/h8-9,14H,1-7H2,(H2,11,12). The summed E-state index contributed by atoms with van der Waals surface area (Å²) in [6.07, 6.45) is 4.62. The molecule has 1 heterocycles. The van der Waals surface area contributed by atoms with E-state index in [2.05, 4.69) is 10.1 Å². The summed E-state index contributed by atoms with van der Waals surface area (Å²) in [6.45, 7) is 2.26. The number of rotatable bonds is 4. The quantitative estimate of drug-likeness (QED) is 0.306. The Morgan fingerprint density at radius 3 is 2.40 bits per heavy atom. The number of hydrogen-bond donors (Lipinski definition) is 2. The average molecular weight is 213 g/mol. The number of nitrogens with zero attached hydrogens (tertiary/aromatic N) is 2. The van der Waals surface area contributed by atoms with Crippen LogP contribution in [0.3, 0.4) is 0 Å². The summed E-state index contributed by atoms with van der Waals surface area (Å²) in [6, 6.07) is 1.19. The molecular weight excluding hydrogens is 194 g/mol. The molecule has 0 radical (unpaired) electrons. The first-order valence-corrected chi connectivity index (χ1v) is 5.61. The summed E-state index contributed by atoms with van der Waals surface area (Å²) in [5.74, 6) is 0.313. The van der Waals surface area contributed by atoms with Crippen molar-refractivity contribution < 1.29 is 9.94 Å². The van der Waals surface area contributed by atoms with Crippen LogP contribution in [0.4, 0.5) is 0 Å². The fourth-order valence-electron chi connectivity index (χ4n) is 2.20. The van der Waals surface area contributed by atoms with Crippen molar-refractivity contribution in [1.82, 2.24) is 4.90 Å². The van der Waals surface area contributed by atoms with Crippen molar-refractivity contribution in [3.8, 4) is 0 Å². The molecule has 1 aliphatic carbocycles. The largest absolute Gasteiger partial charge is 0.409 e. The van der Waals surface area contributed by atoms with Crippen LogP contribution in [0.1, 0.15) is 25.7 Å². The molecule has 1 saturated carbocycles. The van der Waals surface area contributed by atoms with E-state index in [4.69, 9.17) is 15.7 Å². The summed E-state index contributed by atoms with van der Waals surface area (Å²) in [4.78, 5) is 2.37. The van der Waals surface area contributed by atoms with Crippen LogP contribution in [0.15, 0.2) is 5.16 Å². The Morgan fingerprint density at radius 2 is 1.87 bits per heavy atom. The fourth-order valence-corrected chi connectivity index (χ4v) is 2.20. The molecule has 2 fully saturated rings. The van der Waals surface area contributed by atoms with Crippen LogP contribution in [-0.4, -0.2) is 47.8 Å². The van der Waals surface area contributed by atoms with E-state index in [1.165, 1.54) is 12.8 Å². The van der Waals surface area contributed by atoms with Crippen molar-refractivity contribution in [3.05, 3.63) is 0 Å². The summed E-state index contributed by atoms with van der Waals surface area (Å²) >= 11 is 0. The summed E-state index contributed by atoms with van der Waals surface area (Å²) in [5.41, 5.74) is 5.57. The van der Waals surface area contributed by atoms with Gasteiger partial charge in [-0.2, -0.15) is 0 Å². The lowest BCUT2D eigenvalue weighted by Crippen LogP contribution is -2.45. The van der Waals surface area contributed by atoms with Gasteiger partial charge in [-0.1, -0.05) is 5.16 Å². The zero-order valence-corrected chi connectivity index (χ0v) is 8.93. The van der Waals surface area contributed by atoms with Gasteiger partial charge in [0.15, 0.2) is 5.84 Å². The minimum atomic E-state index is 0.313. The zero-order chi connectivity index (χ0) is 10.7. The van der Waals surface area contributed by atoms with Gasteiger partial charge in [0, 0.05) is 25.3 Å². The third-order valence-electron chi connectivity index (χ3n) is 3.15. The van der Waals surface area contributed by atoms with Crippen LogP contribution in [0.5, 0.6) is 0 Å². The molecule has 0 unspecified atom stereocenters. The molecule has 2 aliphatic rings. The van der Waals surface area contributed by atoms with E-state index in [1.54, 1.807) is 0 Å². The van der Waals surface area contributed by atoms with Gasteiger partial charge in [-0.3, -0.25) is 4.90 Å². The highest BCUT2D eigenvalue weighted by Gasteiger charge is 2.34. The molecule has 0 atom stereocenters. The smallest absolute Gasteiger partial charge is 0.153 e. The molecule has 0 amide bonds. The molecule has 5 heteroatoms. The molecule has 3 N–H and O–H groups in total. The molecule has 5 nitrogen and oxygen atoms in total. The van der Waals surface area contributed by atoms with Crippen molar-refractivity contribution in [1.29, 1.82) is 0 Å². The molecular formula is C10H19N3O2. The van der Waals surface area contributed by atoms with Crippen LogP contribution in [0.25, 0.3) is 0 Å². The van der Waals surface area contributed by atoms with Gasteiger partial charge in [-0.25, -0.2) is 0 Å².